The van der Waals surface area contributed by atoms with Crippen molar-refractivity contribution in [2.75, 3.05) is 32.8 Å². The number of hydrogen-bond acceptors (Lipinski definition) is 4. The third-order valence-electron chi connectivity index (χ3n) is 6.20. The largest absolute Gasteiger partial charge is 0.379 e. The normalized spacial score (nSPS) is 17.3. The Morgan fingerprint density at radius 2 is 1.71 bits per heavy atom. The highest BCUT2D eigenvalue weighted by atomic mass is 16.5. The second kappa shape index (κ2) is 9.04. The van der Waals surface area contributed by atoms with Crippen LogP contribution >= 0.6 is 0 Å². The Hall–Kier alpha value is -2.96. The molecule has 1 aliphatic carbocycles. The summed E-state index contributed by atoms with van der Waals surface area (Å²) in [5, 5.41) is 8.06. The molecular weight excluding hydrogens is 388 g/mol. The van der Waals surface area contributed by atoms with E-state index in [-0.39, 0.29) is 11.9 Å². The van der Waals surface area contributed by atoms with Gasteiger partial charge in [-0.2, -0.15) is 5.10 Å². The molecule has 0 unspecified atom stereocenters. The van der Waals surface area contributed by atoms with Crippen LogP contribution in [0, 0.1) is 0 Å². The number of hydrogen-bond donors (Lipinski definition) is 1. The van der Waals surface area contributed by atoms with Crippen molar-refractivity contribution in [1.82, 2.24) is 20.0 Å². The Kier molecular flexibility index (Phi) is 5.82. The van der Waals surface area contributed by atoms with Crippen molar-refractivity contribution in [2.24, 2.45) is 0 Å². The Balaban J connectivity index is 1.42. The summed E-state index contributed by atoms with van der Waals surface area (Å²) in [5.74, 6) is -0.0880. The third-order valence-corrected chi connectivity index (χ3v) is 6.20. The molecule has 2 aromatic carbocycles. The lowest BCUT2D eigenvalue weighted by Crippen LogP contribution is -2.43. The molecular formula is C25H28N4O2. The molecule has 1 aliphatic heterocycles. The number of nitrogens with zero attached hydrogens (tertiary/aromatic N) is 3. The van der Waals surface area contributed by atoms with Gasteiger partial charge in [-0.3, -0.25) is 9.69 Å². The van der Waals surface area contributed by atoms with Gasteiger partial charge in [0.15, 0.2) is 5.69 Å². The minimum absolute atomic E-state index is 0.0880. The quantitative estimate of drug-likeness (QED) is 0.671. The highest BCUT2D eigenvalue weighted by molar-refractivity contribution is 5.94. The zero-order valence-corrected chi connectivity index (χ0v) is 17.7. The molecule has 0 bridgehead atoms. The van der Waals surface area contributed by atoms with Crippen LogP contribution in [0.4, 0.5) is 0 Å². The SMILES string of the molecule is O=C(N[C@@H](CN1CCOCC1)c1ccccc1)c1nn(-c2ccccc2)c2c1CCC2. The fourth-order valence-corrected chi connectivity index (χ4v) is 4.59. The van der Waals surface area contributed by atoms with Gasteiger partial charge < -0.3 is 10.1 Å². The molecule has 1 atom stereocenters. The van der Waals surface area contributed by atoms with Crippen molar-refractivity contribution >= 4 is 5.91 Å². The van der Waals surface area contributed by atoms with E-state index in [2.05, 4.69) is 22.3 Å². The van der Waals surface area contributed by atoms with Crippen LogP contribution in [0.5, 0.6) is 0 Å². The molecule has 160 valence electrons. The van der Waals surface area contributed by atoms with Crippen molar-refractivity contribution in [3.8, 4) is 5.69 Å². The zero-order valence-electron chi connectivity index (χ0n) is 17.7. The van der Waals surface area contributed by atoms with Gasteiger partial charge in [-0.05, 0) is 37.0 Å². The Morgan fingerprint density at radius 1 is 1.00 bits per heavy atom. The monoisotopic (exact) mass is 416 g/mol. The van der Waals surface area contributed by atoms with Crippen molar-refractivity contribution in [3.05, 3.63) is 83.2 Å². The van der Waals surface area contributed by atoms with E-state index < -0.39 is 0 Å². The summed E-state index contributed by atoms with van der Waals surface area (Å²) in [6.07, 6.45) is 2.93. The Bertz CT molecular complexity index is 1030. The molecule has 1 saturated heterocycles. The minimum Gasteiger partial charge on any atom is -0.379 e. The number of aromatic nitrogens is 2. The van der Waals surface area contributed by atoms with Gasteiger partial charge in [0.2, 0.25) is 0 Å². The Morgan fingerprint density at radius 3 is 2.45 bits per heavy atom. The van der Waals surface area contributed by atoms with Gasteiger partial charge in [0.05, 0.1) is 24.9 Å². The topological polar surface area (TPSA) is 59.4 Å². The molecule has 1 N–H and O–H groups in total. The highest BCUT2D eigenvalue weighted by Gasteiger charge is 2.29. The predicted molar refractivity (Wildman–Crippen MR) is 119 cm³/mol. The average Bonchev–Trinajstić information content (AvgIpc) is 3.43. The molecule has 3 aromatic rings. The number of ether oxygens (including phenoxy) is 1. The first-order valence-corrected chi connectivity index (χ1v) is 11.1. The van der Waals surface area contributed by atoms with E-state index in [9.17, 15) is 4.79 Å². The number of amides is 1. The molecule has 0 saturated carbocycles. The predicted octanol–water partition coefficient (Wildman–Crippen LogP) is 3.16. The zero-order chi connectivity index (χ0) is 21.0. The van der Waals surface area contributed by atoms with Crippen LogP contribution in [-0.4, -0.2) is 53.4 Å². The van der Waals surface area contributed by atoms with Crippen LogP contribution in [0.15, 0.2) is 60.7 Å². The van der Waals surface area contributed by atoms with Gasteiger partial charge in [-0.15, -0.1) is 0 Å². The lowest BCUT2D eigenvalue weighted by Gasteiger charge is -2.31. The molecule has 2 heterocycles. The first-order valence-electron chi connectivity index (χ1n) is 11.1. The number of fused-ring (bicyclic) bond motifs is 1. The molecule has 1 aromatic heterocycles. The number of morpholine rings is 1. The number of benzene rings is 2. The van der Waals surface area contributed by atoms with Crippen LogP contribution in [-0.2, 0) is 17.6 Å². The average molecular weight is 417 g/mol. The number of nitrogens with one attached hydrogen (secondary N) is 1. The maximum Gasteiger partial charge on any atom is 0.272 e. The van der Waals surface area contributed by atoms with Crippen LogP contribution < -0.4 is 5.32 Å². The minimum atomic E-state index is -0.0919. The summed E-state index contributed by atoms with van der Waals surface area (Å²) >= 11 is 0. The number of carbonyl (C=O) groups is 1. The van der Waals surface area contributed by atoms with Gasteiger partial charge >= 0.3 is 0 Å². The number of para-hydroxylation sites is 1. The molecule has 6 heteroatoms. The first-order chi connectivity index (χ1) is 15.3. The number of rotatable bonds is 6. The second-order valence-electron chi connectivity index (χ2n) is 8.22. The Labute approximate surface area is 182 Å². The molecule has 2 aliphatic rings. The van der Waals surface area contributed by atoms with Crippen LogP contribution in [0.3, 0.4) is 0 Å². The summed E-state index contributed by atoms with van der Waals surface area (Å²) in [6.45, 7) is 4.02. The highest BCUT2D eigenvalue weighted by Crippen LogP contribution is 2.28. The maximum atomic E-state index is 13.4. The second-order valence-corrected chi connectivity index (χ2v) is 8.22. The van der Waals surface area contributed by atoms with E-state index in [1.54, 1.807) is 0 Å². The van der Waals surface area contributed by atoms with Crippen LogP contribution in [0.25, 0.3) is 5.69 Å². The van der Waals surface area contributed by atoms with Gasteiger partial charge in [-0.1, -0.05) is 48.5 Å². The van der Waals surface area contributed by atoms with Crippen molar-refractivity contribution in [2.45, 2.75) is 25.3 Å². The van der Waals surface area contributed by atoms with Crippen molar-refractivity contribution in [1.29, 1.82) is 0 Å². The van der Waals surface area contributed by atoms with Crippen molar-refractivity contribution in [3.63, 3.8) is 0 Å². The maximum absolute atomic E-state index is 13.4. The molecule has 6 nitrogen and oxygen atoms in total. The van der Waals surface area contributed by atoms with E-state index in [0.29, 0.717) is 5.69 Å². The van der Waals surface area contributed by atoms with E-state index in [1.807, 2.05) is 53.2 Å². The van der Waals surface area contributed by atoms with Crippen LogP contribution in [0.1, 0.15) is 39.8 Å². The fourth-order valence-electron chi connectivity index (χ4n) is 4.59. The molecule has 0 spiro atoms. The molecule has 1 amide bonds. The van der Waals surface area contributed by atoms with Crippen LogP contribution in [0.2, 0.25) is 0 Å². The van der Waals surface area contributed by atoms with Crippen molar-refractivity contribution < 1.29 is 9.53 Å². The summed E-state index contributed by atoms with van der Waals surface area (Å²) in [7, 11) is 0. The van der Waals surface area contributed by atoms with E-state index in [0.717, 1.165) is 68.9 Å². The molecule has 31 heavy (non-hydrogen) atoms. The third kappa shape index (κ3) is 4.27. The van der Waals surface area contributed by atoms with E-state index in [4.69, 9.17) is 9.84 Å². The fraction of sp³-hybridized carbons (Fsp3) is 0.360. The molecule has 5 rings (SSSR count). The standard InChI is InChI=1S/C25H28N4O2/c30-25(24-21-12-7-13-23(21)29(27-24)20-10-5-2-6-11-20)26-22(19-8-3-1-4-9-19)18-28-14-16-31-17-15-28/h1-6,8-11,22H,7,12-18H2,(H,26,30)/t22-/m0/s1. The van der Waals surface area contributed by atoms with E-state index in [1.165, 1.54) is 5.69 Å². The number of carbonyl (C=O) groups excluding carboxylic acids is 1. The summed E-state index contributed by atoms with van der Waals surface area (Å²) in [4.78, 5) is 15.8. The molecule has 0 radical (unpaired) electrons. The van der Waals surface area contributed by atoms with Gasteiger partial charge in [0, 0.05) is 30.9 Å². The van der Waals surface area contributed by atoms with E-state index >= 15 is 0 Å². The summed E-state index contributed by atoms with van der Waals surface area (Å²) < 4.78 is 7.45. The first kappa shape index (κ1) is 20.0. The molecule has 1 fully saturated rings. The smallest absolute Gasteiger partial charge is 0.272 e. The van der Waals surface area contributed by atoms with Gasteiger partial charge in [-0.25, -0.2) is 4.68 Å². The lowest BCUT2D eigenvalue weighted by molar-refractivity contribution is 0.0332. The summed E-state index contributed by atoms with van der Waals surface area (Å²) in [5.41, 5.74) is 4.95. The van der Waals surface area contributed by atoms with Gasteiger partial charge in [0.25, 0.3) is 5.91 Å². The lowest BCUT2D eigenvalue weighted by atomic mass is 10.1. The summed E-state index contributed by atoms with van der Waals surface area (Å²) in [6, 6.07) is 20.2. The van der Waals surface area contributed by atoms with Gasteiger partial charge in [0.1, 0.15) is 0 Å².